The predicted octanol–water partition coefficient (Wildman–Crippen LogP) is 17.9. The average molecular weight is 891 g/mol. The third kappa shape index (κ3) is 5.65. The van der Waals surface area contributed by atoms with Crippen molar-refractivity contribution in [3.8, 4) is 17.1 Å². The second-order valence-electron chi connectivity index (χ2n) is 18.5. The molecule has 0 bridgehead atoms. The van der Waals surface area contributed by atoms with Crippen LogP contribution in [0, 0.1) is 0 Å². The second-order valence-corrected chi connectivity index (χ2v) is 18.5. The highest BCUT2D eigenvalue weighted by molar-refractivity contribution is 6.23. The quantitative estimate of drug-likeness (QED) is 0.163. The summed E-state index contributed by atoms with van der Waals surface area (Å²) in [6, 6.07) is 93.4. The smallest absolute Gasteiger partial charge is 0.0547 e. The van der Waals surface area contributed by atoms with E-state index in [0.29, 0.717) is 0 Å². The van der Waals surface area contributed by atoms with Gasteiger partial charge >= 0.3 is 0 Å². The molecule has 0 spiro atoms. The summed E-state index contributed by atoms with van der Waals surface area (Å²) >= 11 is 0. The molecule has 15 rings (SSSR count). The fourth-order valence-electron chi connectivity index (χ4n) is 11.8. The lowest BCUT2D eigenvalue weighted by Gasteiger charge is -2.26. The molecule has 0 aliphatic rings. The number of hydrogen-bond donors (Lipinski definition) is 0. The lowest BCUT2D eigenvalue weighted by atomic mass is 10.0. The van der Waals surface area contributed by atoms with Crippen molar-refractivity contribution in [2.24, 2.45) is 0 Å². The van der Waals surface area contributed by atoms with Gasteiger partial charge in [0.05, 0.1) is 33.1 Å². The molecular weight excluding hydrogens is 849 g/mol. The molecule has 3 heterocycles. The van der Waals surface area contributed by atoms with Gasteiger partial charge in [-0.3, -0.25) is 0 Å². The fourth-order valence-corrected chi connectivity index (χ4v) is 11.8. The van der Waals surface area contributed by atoms with E-state index in [-0.39, 0.29) is 0 Å². The van der Waals surface area contributed by atoms with E-state index in [4.69, 9.17) is 0 Å². The monoisotopic (exact) mass is 890 g/mol. The lowest BCUT2D eigenvalue weighted by Crippen LogP contribution is -2.10. The van der Waals surface area contributed by atoms with Crippen LogP contribution in [-0.2, 0) is 0 Å². The van der Waals surface area contributed by atoms with E-state index in [1.165, 1.54) is 97.7 Å². The Morgan fingerprint density at radius 1 is 0.200 bits per heavy atom. The van der Waals surface area contributed by atoms with Crippen LogP contribution < -0.4 is 4.90 Å². The molecule has 326 valence electrons. The lowest BCUT2D eigenvalue weighted by molar-refractivity contribution is 1.16. The summed E-state index contributed by atoms with van der Waals surface area (Å²) in [5.74, 6) is 0. The highest BCUT2D eigenvalue weighted by Crippen LogP contribution is 2.43. The molecule has 0 atom stereocenters. The van der Waals surface area contributed by atoms with E-state index in [9.17, 15) is 0 Å². The summed E-state index contributed by atoms with van der Waals surface area (Å²) in [5.41, 5.74) is 13.8. The molecule has 12 aromatic carbocycles. The van der Waals surface area contributed by atoms with Crippen molar-refractivity contribution < 1.29 is 0 Å². The van der Waals surface area contributed by atoms with E-state index in [1.807, 2.05) is 0 Å². The van der Waals surface area contributed by atoms with Crippen molar-refractivity contribution >= 4 is 115 Å². The Balaban J connectivity index is 0.888. The highest BCUT2D eigenvalue weighted by Gasteiger charge is 2.20. The molecule has 0 aliphatic heterocycles. The van der Waals surface area contributed by atoms with Gasteiger partial charge in [-0.25, -0.2) is 0 Å². The van der Waals surface area contributed by atoms with Crippen LogP contribution in [-0.4, -0.2) is 13.7 Å². The van der Waals surface area contributed by atoms with Crippen molar-refractivity contribution in [3.63, 3.8) is 0 Å². The molecule has 0 N–H and O–H groups in total. The topological polar surface area (TPSA) is 18.0 Å². The minimum Gasteiger partial charge on any atom is -0.310 e. The Hall–Kier alpha value is -9.38. The van der Waals surface area contributed by atoms with Gasteiger partial charge in [0.1, 0.15) is 0 Å². The predicted molar refractivity (Wildman–Crippen MR) is 297 cm³/mol. The Kier molecular flexibility index (Phi) is 8.33. The number of hydrogen-bond acceptors (Lipinski definition) is 1. The van der Waals surface area contributed by atoms with Gasteiger partial charge < -0.3 is 18.6 Å². The number of rotatable bonds is 6. The molecule has 0 unspecified atom stereocenters. The molecular formula is C66H42N4. The molecule has 0 fully saturated rings. The highest BCUT2D eigenvalue weighted by atomic mass is 15.1. The standard InChI is InChI=1S/C66H42N4/c1-4-16-52-43(13-1)25-40-61-64(52)55-19-7-10-22-58(55)68(61)49-34-28-46(29-35-49)67(47-30-36-50(37-31-47)69-59-23-11-8-20-56(59)65-53-17-5-2-14-44(53)26-41-62(65)69)48-32-38-51(39-33-48)70-60-24-12-9-21-57(60)66-54-18-6-3-15-45(54)27-42-63(66)70/h1-42H. The zero-order valence-corrected chi connectivity index (χ0v) is 38.0. The van der Waals surface area contributed by atoms with Crippen LogP contribution >= 0.6 is 0 Å². The zero-order valence-electron chi connectivity index (χ0n) is 38.0. The largest absolute Gasteiger partial charge is 0.310 e. The third-order valence-electron chi connectivity index (χ3n) is 14.8. The molecule has 4 nitrogen and oxygen atoms in total. The first-order valence-corrected chi connectivity index (χ1v) is 24.1. The van der Waals surface area contributed by atoms with Crippen LogP contribution in [0.1, 0.15) is 0 Å². The number of para-hydroxylation sites is 3. The summed E-state index contributed by atoms with van der Waals surface area (Å²) in [6.45, 7) is 0. The maximum atomic E-state index is 2.42. The number of nitrogens with zero attached hydrogens (tertiary/aromatic N) is 4. The van der Waals surface area contributed by atoms with Gasteiger partial charge in [-0.05, 0) is 142 Å². The number of anilines is 3. The Morgan fingerprint density at radius 3 is 0.757 bits per heavy atom. The molecule has 0 aliphatic carbocycles. The van der Waals surface area contributed by atoms with E-state index >= 15 is 0 Å². The van der Waals surface area contributed by atoms with Crippen molar-refractivity contribution in [3.05, 3.63) is 255 Å². The maximum absolute atomic E-state index is 2.42. The first-order valence-electron chi connectivity index (χ1n) is 24.1. The summed E-state index contributed by atoms with van der Waals surface area (Å²) in [4.78, 5) is 2.38. The SMILES string of the molecule is c1ccc2c(c1)ccc1c2c2ccccc2n1-c1ccc(N(c2ccc(-n3c4ccccc4c4c5ccccc5ccc43)cc2)c2ccc(-n3c4ccccc4c4c5ccccc5ccc43)cc2)cc1. The fraction of sp³-hybridized carbons (Fsp3) is 0. The Morgan fingerprint density at radius 2 is 0.457 bits per heavy atom. The van der Waals surface area contributed by atoms with Gasteiger partial charge in [-0.2, -0.15) is 0 Å². The van der Waals surface area contributed by atoms with Crippen LogP contribution in [0.25, 0.3) is 115 Å². The van der Waals surface area contributed by atoms with Gasteiger partial charge in [-0.1, -0.05) is 146 Å². The van der Waals surface area contributed by atoms with Crippen LogP contribution in [0.2, 0.25) is 0 Å². The van der Waals surface area contributed by atoms with Crippen LogP contribution in [0.5, 0.6) is 0 Å². The Labute approximate surface area is 403 Å². The van der Waals surface area contributed by atoms with Crippen molar-refractivity contribution in [1.82, 2.24) is 13.7 Å². The van der Waals surface area contributed by atoms with Crippen molar-refractivity contribution in [1.29, 1.82) is 0 Å². The number of aromatic nitrogens is 3. The minimum absolute atomic E-state index is 1.07. The normalized spacial score (nSPS) is 12.0. The summed E-state index contributed by atoms with van der Waals surface area (Å²) in [5, 5.41) is 15.2. The molecule has 15 aromatic rings. The molecule has 0 radical (unpaired) electrons. The third-order valence-corrected chi connectivity index (χ3v) is 14.8. The van der Waals surface area contributed by atoms with E-state index in [1.54, 1.807) is 0 Å². The zero-order chi connectivity index (χ0) is 45.9. The van der Waals surface area contributed by atoms with E-state index in [0.717, 1.165) is 34.1 Å². The van der Waals surface area contributed by atoms with E-state index < -0.39 is 0 Å². The van der Waals surface area contributed by atoms with Crippen molar-refractivity contribution in [2.75, 3.05) is 4.90 Å². The first kappa shape index (κ1) is 38.7. The first-order chi connectivity index (χ1) is 34.7. The van der Waals surface area contributed by atoms with Crippen molar-refractivity contribution in [2.45, 2.75) is 0 Å². The maximum Gasteiger partial charge on any atom is 0.0547 e. The molecule has 0 amide bonds. The summed E-state index contributed by atoms with van der Waals surface area (Å²) in [6.07, 6.45) is 0. The molecule has 0 saturated carbocycles. The van der Waals surface area contributed by atoms with Crippen LogP contribution in [0.15, 0.2) is 255 Å². The van der Waals surface area contributed by atoms with Gasteiger partial charge in [0, 0.05) is 66.4 Å². The van der Waals surface area contributed by atoms with Gasteiger partial charge in [-0.15, -0.1) is 0 Å². The second kappa shape index (κ2) is 15.1. The average Bonchev–Trinajstić information content (AvgIpc) is 4.08. The summed E-state index contributed by atoms with van der Waals surface area (Å²) in [7, 11) is 0. The summed E-state index contributed by atoms with van der Waals surface area (Å²) < 4.78 is 7.25. The number of fused-ring (bicyclic) bond motifs is 15. The van der Waals surface area contributed by atoms with Gasteiger partial charge in [0.2, 0.25) is 0 Å². The minimum atomic E-state index is 1.07. The Bertz CT molecular complexity index is 4100. The van der Waals surface area contributed by atoms with Crippen LogP contribution in [0.3, 0.4) is 0 Å². The van der Waals surface area contributed by atoms with Crippen LogP contribution in [0.4, 0.5) is 17.1 Å². The molecule has 70 heavy (non-hydrogen) atoms. The van der Waals surface area contributed by atoms with E-state index in [2.05, 4.69) is 273 Å². The van der Waals surface area contributed by atoms with Gasteiger partial charge in [0.15, 0.2) is 0 Å². The molecule has 3 aromatic heterocycles. The number of benzene rings is 12. The molecule has 0 saturated heterocycles. The van der Waals surface area contributed by atoms with Gasteiger partial charge in [0.25, 0.3) is 0 Å². The molecule has 4 heteroatoms.